The lowest BCUT2D eigenvalue weighted by atomic mass is 9.85. The number of alkyl carbamates (subject to hydrolysis) is 1. The minimum atomic E-state index is -0.489. The van der Waals surface area contributed by atoms with Crippen LogP contribution in [0.25, 0.3) is 0 Å². The zero-order valence-electron chi connectivity index (χ0n) is 10.6. The van der Waals surface area contributed by atoms with Gasteiger partial charge in [0, 0.05) is 0 Å². The van der Waals surface area contributed by atoms with Gasteiger partial charge in [-0.3, -0.25) is 0 Å². The second-order valence-electron chi connectivity index (χ2n) is 5.74. The first-order chi connectivity index (χ1) is 7.28. The number of hydrogen-bond acceptors (Lipinski definition) is 3. The number of carbonyl (C=O) groups is 1. The number of aliphatic hydroxyl groups excluding tert-OH is 1. The average Bonchev–Trinajstić information content (AvgIpc) is 2.06. The zero-order chi connectivity index (χ0) is 12.3. The molecule has 4 heteroatoms. The Kier molecular flexibility index (Phi) is 4.19. The molecule has 3 atom stereocenters. The first kappa shape index (κ1) is 13.3. The van der Waals surface area contributed by atoms with Crippen LogP contribution in [-0.2, 0) is 4.74 Å². The van der Waals surface area contributed by atoms with Crippen molar-refractivity contribution in [2.75, 3.05) is 0 Å². The van der Waals surface area contributed by atoms with E-state index in [1.165, 1.54) is 0 Å². The molecule has 0 bridgehead atoms. The van der Waals surface area contributed by atoms with Gasteiger partial charge in [0.05, 0.1) is 12.1 Å². The lowest BCUT2D eigenvalue weighted by Crippen LogP contribution is -2.48. The smallest absolute Gasteiger partial charge is 0.407 e. The predicted molar refractivity (Wildman–Crippen MR) is 62.2 cm³/mol. The topological polar surface area (TPSA) is 58.6 Å². The first-order valence-electron chi connectivity index (χ1n) is 5.95. The fourth-order valence-electron chi connectivity index (χ4n) is 1.98. The van der Waals surface area contributed by atoms with E-state index in [0.29, 0.717) is 5.92 Å². The summed E-state index contributed by atoms with van der Waals surface area (Å²) in [5.41, 5.74) is -0.489. The number of carbonyl (C=O) groups excluding carboxylic acids is 1. The molecule has 0 aliphatic heterocycles. The molecule has 1 rings (SSSR count). The van der Waals surface area contributed by atoms with Crippen LogP contribution in [0.2, 0.25) is 0 Å². The Labute approximate surface area is 97.4 Å². The van der Waals surface area contributed by atoms with Crippen LogP contribution in [0.3, 0.4) is 0 Å². The SMILES string of the molecule is C[C@@H]1CC[C@H](NC(=O)OC(C)(C)C)[C@@H](O)C1. The highest BCUT2D eigenvalue weighted by Crippen LogP contribution is 2.24. The molecule has 1 fully saturated rings. The van der Waals surface area contributed by atoms with E-state index in [9.17, 15) is 9.90 Å². The molecule has 2 N–H and O–H groups in total. The van der Waals surface area contributed by atoms with Crippen molar-refractivity contribution >= 4 is 6.09 Å². The first-order valence-corrected chi connectivity index (χ1v) is 5.95. The minimum absolute atomic E-state index is 0.161. The lowest BCUT2D eigenvalue weighted by Gasteiger charge is -2.32. The van der Waals surface area contributed by atoms with Gasteiger partial charge < -0.3 is 15.2 Å². The van der Waals surface area contributed by atoms with Crippen LogP contribution < -0.4 is 5.32 Å². The third-order valence-corrected chi connectivity index (χ3v) is 2.78. The summed E-state index contributed by atoms with van der Waals surface area (Å²) in [6, 6.07) is -0.161. The van der Waals surface area contributed by atoms with Crippen molar-refractivity contribution in [3.05, 3.63) is 0 Å². The lowest BCUT2D eigenvalue weighted by molar-refractivity contribution is 0.0310. The number of ether oxygens (including phenoxy) is 1. The molecule has 0 saturated heterocycles. The zero-order valence-corrected chi connectivity index (χ0v) is 10.6. The molecule has 16 heavy (non-hydrogen) atoms. The molecule has 0 spiro atoms. The Morgan fingerprint density at radius 1 is 1.38 bits per heavy atom. The van der Waals surface area contributed by atoms with Crippen LogP contribution in [0, 0.1) is 5.92 Å². The molecule has 1 aliphatic rings. The van der Waals surface area contributed by atoms with Gasteiger partial charge in [0.1, 0.15) is 5.60 Å². The van der Waals surface area contributed by atoms with Gasteiger partial charge in [-0.2, -0.15) is 0 Å². The van der Waals surface area contributed by atoms with Crippen LogP contribution in [0.1, 0.15) is 47.0 Å². The maximum Gasteiger partial charge on any atom is 0.407 e. The largest absolute Gasteiger partial charge is 0.444 e. The summed E-state index contributed by atoms with van der Waals surface area (Å²) in [6.07, 6.45) is 1.72. The highest BCUT2D eigenvalue weighted by molar-refractivity contribution is 5.68. The Morgan fingerprint density at radius 3 is 2.50 bits per heavy atom. The molecule has 1 amide bonds. The number of amides is 1. The third kappa shape index (κ3) is 4.39. The van der Waals surface area contributed by atoms with Gasteiger partial charge in [0.15, 0.2) is 0 Å². The van der Waals surface area contributed by atoms with Crippen molar-refractivity contribution in [2.24, 2.45) is 5.92 Å². The van der Waals surface area contributed by atoms with Gasteiger partial charge in [-0.25, -0.2) is 4.79 Å². The van der Waals surface area contributed by atoms with Crippen molar-refractivity contribution in [1.82, 2.24) is 5.32 Å². The summed E-state index contributed by atoms with van der Waals surface area (Å²) < 4.78 is 5.15. The van der Waals surface area contributed by atoms with Crippen molar-refractivity contribution in [2.45, 2.75) is 64.7 Å². The molecule has 0 heterocycles. The van der Waals surface area contributed by atoms with Crippen LogP contribution in [-0.4, -0.2) is 28.9 Å². The maximum absolute atomic E-state index is 11.5. The summed E-state index contributed by atoms with van der Waals surface area (Å²) in [4.78, 5) is 11.5. The van der Waals surface area contributed by atoms with Gasteiger partial charge in [0.25, 0.3) is 0 Å². The second kappa shape index (κ2) is 5.04. The summed E-state index contributed by atoms with van der Waals surface area (Å²) in [7, 11) is 0. The van der Waals surface area contributed by atoms with Crippen molar-refractivity contribution in [1.29, 1.82) is 0 Å². The van der Waals surface area contributed by atoms with Crippen LogP contribution in [0.5, 0.6) is 0 Å². The average molecular weight is 229 g/mol. The monoisotopic (exact) mass is 229 g/mol. The normalized spacial score (nSPS) is 30.9. The molecule has 94 valence electrons. The fraction of sp³-hybridized carbons (Fsp3) is 0.917. The van der Waals surface area contributed by atoms with E-state index in [0.717, 1.165) is 19.3 Å². The molecule has 0 radical (unpaired) electrons. The molecule has 1 saturated carbocycles. The maximum atomic E-state index is 11.5. The van der Waals surface area contributed by atoms with E-state index in [1.54, 1.807) is 0 Å². The summed E-state index contributed by atoms with van der Waals surface area (Å²) in [5.74, 6) is 0.534. The molecular weight excluding hydrogens is 206 g/mol. The fourth-order valence-corrected chi connectivity index (χ4v) is 1.98. The predicted octanol–water partition coefficient (Wildman–Crippen LogP) is 2.06. The highest BCUT2D eigenvalue weighted by Gasteiger charge is 2.29. The second-order valence-corrected chi connectivity index (χ2v) is 5.74. The summed E-state index contributed by atoms with van der Waals surface area (Å²) in [6.45, 7) is 7.59. The molecule has 0 aromatic carbocycles. The van der Waals surface area contributed by atoms with Gasteiger partial charge in [0.2, 0.25) is 0 Å². The highest BCUT2D eigenvalue weighted by atomic mass is 16.6. The standard InChI is InChI=1S/C12H23NO3/c1-8-5-6-9(10(14)7-8)13-11(15)16-12(2,3)4/h8-10,14H,5-7H2,1-4H3,(H,13,15)/t8-,9+,10+/m1/s1. The number of nitrogens with one attached hydrogen (secondary N) is 1. The molecule has 1 aliphatic carbocycles. The Morgan fingerprint density at radius 2 is 2.00 bits per heavy atom. The summed E-state index contributed by atoms with van der Waals surface area (Å²) in [5, 5.41) is 12.6. The van der Waals surface area contributed by atoms with E-state index < -0.39 is 17.8 Å². The van der Waals surface area contributed by atoms with Gasteiger partial charge in [-0.05, 0) is 46.0 Å². The molecular formula is C12H23NO3. The third-order valence-electron chi connectivity index (χ3n) is 2.78. The van der Waals surface area contributed by atoms with Gasteiger partial charge in [-0.1, -0.05) is 6.92 Å². The Balaban J connectivity index is 2.39. The quantitative estimate of drug-likeness (QED) is 0.723. The minimum Gasteiger partial charge on any atom is -0.444 e. The van der Waals surface area contributed by atoms with Gasteiger partial charge in [-0.15, -0.1) is 0 Å². The Hall–Kier alpha value is -0.770. The van der Waals surface area contributed by atoms with E-state index in [1.807, 2.05) is 20.8 Å². The van der Waals surface area contributed by atoms with Crippen LogP contribution in [0.15, 0.2) is 0 Å². The number of hydrogen-bond donors (Lipinski definition) is 2. The summed E-state index contributed by atoms with van der Waals surface area (Å²) >= 11 is 0. The van der Waals surface area contributed by atoms with Crippen LogP contribution in [0.4, 0.5) is 4.79 Å². The van der Waals surface area contributed by atoms with Gasteiger partial charge >= 0.3 is 6.09 Å². The Bertz CT molecular complexity index is 247. The van der Waals surface area contributed by atoms with E-state index in [4.69, 9.17) is 4.74 Å². The number of rotatable bonds is 1. The molecule has 0 unspecified atom stereocenters. The van der Waals surface area contributed by atoms with E-state index >= 15 is 0 Å². The van der Waals surface area contributed by atoms with Crippen molar-refractivity contribution < 1.29 is 14.6 Å². The molecule has 0 aromatic rings. The number of aliphatic hydroxyl groups is 1. The van der Waals surface area contributed by atoms with Crippen LogP contribution >= 0.6 is 0 Å². The molecule has 4 nitrogen and oxygen atoms in total. The van der Waals surface area contributed by atoms with E-state index in [-0.39, 0.29) is 6.04 Å². The van der Waals surface area contributed by atoms with Crippen molar-refractivity contribution in [3.63, 3.8) is 0 Å². The van der Waals surface area contributed by atoms with Crippen molar-refractivity contribution in [3.8, 4) is 0 Å². The molecule has 0 aromatic heterocycles. The van der Waals surface area contributed by atoms with E-state index in [2.05, 4.69) is 12.2 Å².